The zero-order valence-corrected chi connectivity index (χ0v) is 8.16. The molecule has 1 aromatic rings. The summed E-state index contributed by atoms with van der Waals surface area (Å²) in [6.45, 7) is 2.57. The molecule has 0 bridgehead atoms. The average Bonchev–Trinajstić information content (AvgIpc) is 2.34. The molecule has 0 saturated heterocycles. The number of hydrogen-bond donors (Lipinski definition) is 2. The lowest BCUT2D eigenvalue weighted by molar-refractivity contribution is -0.0206. The van der Waals surface area contributed by atoms with Gasteiger partial charge in [-0.2, -0.15) is 0 Å². The van der Waals surface area contributed by atoms with Crippen LogP contribution < -0.4 is 11.3 Å². The Bertz CT molecular complexity index is 282. The third kappa shape index (κ3) is 2.43. The maximum atomic E-state index is 12.9. The molecule has 3 nitrogen and oxygen atoms in total. The van der Waals surface area contributed by atoms with Gasteiger partial charge < -0.3 is 0 Å². The summed E-state index contributed by atoms with van der Waals surface area (Å²) in [5.74, 6) is 2.13. The first-order valence-corrected chi connectivity index (χ1v) is 4.59. The van der Waals surface area contributed by atoms with E-state index in [9.17, 15) is 8.78 Å². The molecular weight excluding hydrogens is 196 g/mol. The lowest BCUT2D eigenvalue weighted by Gasteiger charge is -2.20. The fourth-order valence-corrected chi connectivity index (χ4v) is 1.64. The standard InChI is InChI=1S/C7H11F2N3S/c1-4-11-5(3-13-4)6(12-10)7(2,8)9/h3,6,12H,10H2,1-2H3. The molecule has 3 N–H and O–H groups in total. The van der Waals surface area contributed by atoms with E-state index in [4.69, 9.17) is 5.84 Å². The lowest BCUT2D eigenvalue weighted by Crippen LogP contribution is -2.39. The number of alkyl halides is 2. The van der Waals surface area contributed by atoms with Gasteiger partial charge in [-0.25, -0.2) is 19.2 Å². The Morgan fingerprint density at radius 1 is 1.69 bits per heavy atom. The molecule has 0 aliphatic rings. The first-order valence-electron chi connectivity index (χ1n) is 3.71. The van der Waals surface area contributed by atoms with Gasteiger partial charge in [0.05, 0.1) is 10.7 Å². The van der Waals surface area contributed by atoms with E-state index in [1.54, 1.807) is 12.3 Å². The number of aryl methyl sites for hydroxylation is 1. The van der Waals surface area contributed by atoms with E-state index in [1.165, 1.54) is 11.3 Å². The average molecular weight is 207 g/mol. The minimum atomic E-state index is -2.91. The van der Waals surface area contributed by atoms with Crippen LogP contribution >= 0.6 is 11.3 Å². The Kier molecular flexibility index (Phi) is 2.94. The third-order valence-corrected chi connectivity index (χ3v) is 2.40. The minimum absolute atomic E-state index is 0.289. The highest BCUT2D eigenvalue weighted by Crippen LogP contribution is 2.30. The second-order valence-corrected chi connectivity index (χ2v) is 3.91. The number of aromatic nitrogens is 1. The van der Waals surface area contributed by atoms with E-state index in [0.717, 1.165) is 11.9 Å². The smallest absolute Gasteiger partial charge is 0.267 e. The molecule has 0 amide bonds. The third-order valence-electron chi connectivity index (χ3n) is 1.61. The van der Waals surface area contributed by atoms with Crippen molar-refractivity contribution in [2.75, 3.05) is 0 Å². The van der Waals surface area contributed by atoms with Gasteiger partial charge >= 0.3 is 0 Å². The molecule has 0 fully saturated rings. The number of nitrogens with two attached hydrogens (primary N) is 1. The van der Waals surface area contributed by atoms with Gasteiger partial charge in [-0.1, -0.05) is 0 Å². The summed E-state index contributed by atoms with van der Waals surface area (Å²) in [6, 6.07) is -1.21. The second-order valence-electron chi connectivity index (χ2n) is 2.85. The second kappa shape index (κ2) is 3.65. The SMILES string of the molecule is Cc1nc(C(NN)C(C)(F)F)cs1. The number of halogens is 2. The molecule has 0 saturated carbocycles. The normalized spacial score (nSPS) is 14.5. The molecule has 1 aromatic heterocycles. The van der Waals surface area contributed by atoms with Crippen LogP contribution in [0.1, 0.15) is 23.7 Å². The van der Waals surface area contributed by atoms with Crippen molar-refractivity contribution in [1.82, 2.24) is 10.4 Å². The van der Waals surface area contributed by atoms with Crippen LogP contribution in [0.4, 0.5) is 8.78 Å². The van der Waals surface area contributed by atoms with Gasteiger partial charge in [-0.05, 0) is 6.92 Å². The van der Waals surface area contributed by atoms with Gasteiger partial charge in [0.1, 0.15) is 6.04 Å². The van der Waals surface area contributed by atoms with Crippen LogP contribution in [0.15, 0.2) is 5.38 Å². The van der Waals surface area contributed by atoms with E-state index in [-0.39, 0.29) is 5.69 Å². The first kappa shape index (κ1) is 10.5. The van der Waals surface area contributed by atoms with Crippen LogP contribution in [0, 0.1) is 6.92 Å². The largest absolute Gasteiger partial charge is 0.271 e. The van der Waals surface area contributed by atoms with E-state index in [0.29, 0.717) is 0 Å². The summed E-state index contributed by atoms with van der Waals surface area (Å²) in [5.41, 5.74) is 2.36. The topological polar surface area (TPSA) is 50.9 Å². The number of nitrogens with one attached hydrogen (secondary N) is 1. The Balaban J connectivity index is 2.91. The van der Waals surface area contributed by atoms with Crippen LogP contribution in [0.3, 0.4) is 0 Å². The molecule has 13 heavy (non-hydrogen) atoms. The maximum absolute atomic E-state index is 12.9. The Hall–Kier alpha value is -0.590. The fourth-order valence-electron chi connectivity index (χ4n) is 1.00. The summed E-state index contributed by atoms with van der Waals surface area (Å²) in [7, 11) is 0. The first-order chi connectivity index (χ1) is 5.95. The van der Waals surface area contributed by atoms with Gasteiger partial charge in [-0.3, -0.25) is 5.84 Å². The van der Waals surface area contributed by atoms with Gasteiger partial charge in [0, 0.05) is 12.3 Å². The summed E-state index contributed by atoms with van der Waals surface area (Å²) in [5, 5.41) is 2.33. The van der Waals surface area contributed by atoms with Crippen molar-refractivity contribution in [3.8, 4) is 0 Å². The predicted molar refractivity (Wildman–Crippen MR) is 47.5 cm³/mol. The van der Waals surface area contributed by atoms with Crippen molar-refractivity contribution < 1.29 is 8.78 Å². The summed E-state index contributed by atoms with van der Waals surface area (Å²) < 4.78 is 25.8. The number of nitrogens with zero attached hydrogens (tertiary/aromatic N) is 1. The van der Waals surface area contributed by atoms with E-state index >= 15 is 0 Å². The zero-order chi connectivity index (χ0) is 10.1. The van der Waals surface area contributed by atoms with Crippen LogP contribution in [-0.4, -0.2) is 10.9 Å². The molecule has 0 aromatic carbocycles. The molecule has 0 spiro atoms. The monoisotopic (exact) mass is 207 g/mol. The molecular formula is C7H11F2N3S. The molecule has 74 valence electrons. The number of rotatable bonds is 3. The molecule has 1 heterocycles. The highest BCUT2D eigenvalue weighted by atomic mass is 32.1. The highest BCUT2D eigenvalue weighted by molar-refractivity contribution is 7.09. The van der Waals surface area contributed by atoms with Crippen molar-refractivity contribution >= 4 is 11.3 Å². The molecule has 6 heteroatoms. The van der Waals surface area contributed by atoms with Crippen molar-refractivity contribution in [3.05, 3.63) is 16.1 Å². The Morgan fingerprint density at radius 2 is 2.31 bits per heavy atom. The molecule has 1 atom stereocenters. The molecule has 1 rings (SSSR count). The lowest BCUT2D eigenvalue weighted by atomic mass is 10.1. The van der Waals surface area contributed by atoms with E-state index < -0.39 is 12.0 Å². The number of hydrogen-bond acceptors (Lipinski definition) is 4. The van der Waals surface area contributed by atoms with Gasteiger partial charge in [0.15, 0.2) is 0 Å². The molecule has 0 aliphatic carbocycles. The highest BCUT2D eigenvalue weighted by Gasteiger charge is 2.36. The molecule has 0 radical (unpaired) electrons. The molecule has 1 unspecified atom stereocenters. The summed E-state index contributed by atoms with van der Waals surface area (Å²) in [6.07, 6.45) is 0. The van der Waals surface area contributed by atoms with Crippen LogP contribution in [0.2, 0.25) is 0 Å². The van der Waals surface area contributed by atoms with Crippen molar-refractivity contribution in [3.63, 3.8) is 0 Å². The van der Waals surface area contributed by atoms with Crippen LogP contribution in [-0.2, 0) is 0 Å². The fraction of sp³-hybridized carbons (Fsp3) is 0.571. The van der Waals surface area contributed by atoms with Crippen LogP contribution in [0.25, 0.3) is 0 Å². The van der Waals surface area contributed by atoms with Crippen molar-refractivity contribution in [2.24, 2.45) is 5.84 Å². The number of thiazole rings is 1. The van der Waals surface area contributed by atoms with Gasteiger partial charge in [0.25, 0.3) is 5.92 Å². The maximum Gasteiger partial charge on any atom is 0.267 e. The minimum Gasteiger partial charge on any atom is -0.271 e. The zero-order valence-electron chi connectivity index (χ0n) is 7.34. The predicted octanol–water partition coefficient (Wildman–Crippen LogP) is 1.61. The van der Waals surface area contributed by atoms with E-state index in [1.807, 2.05) is 0 Å². The molecule has 0 aliphatic heterocycles. The van der Waals surface area contributed by atoms with Gasteiger partial charge in [-0.15, -0.1) is 11.3 Å². The van der Waals surface area contributed by atoms with Crippen LogP contribution in [0.5, 0.6) is 0 Å². The number of hydrazine groups is 1. The quantitative estimate of drug-likeness (QED) is 0.585. The van der Waals surface area contributed by atoms with Crippen molar-refractivity contribution in [1.29, 1.82) is 0 Å². The summed E-state index contributed by atoms with van der Waals surface area (Å²) in [4.78, 5) is 3.94. The van der Waals surface area contributed by atoms with Gasteiger partial charge in [0.2, 0.25) is 0 Å². The Labute approximate surface area is 78.9 Å². The Morgan fingerprint density at radius 3 is 2.62 bits per heavy atom. The summed E-state index contributed by atoms with van der Waals surface area (Å²) >= 11 is 1.32. The van der Waals surface area contributed by atoms with E-state index in [2.05, 4.69) is 10.4 Å². The van der Waals surface area contributed by atoms with Crippen molar-refractivity contribution in [2.45, 2.75) is 25.8 Å².